The molecule has 3 nitrogen and oxygen atoms in total. The second-order valence-corrected chi connectivity index (χ2v) is 3.79. The van der Waals surface area contributed by atoms with Gasteiger partial charge in [-0.25, -0.2) is 0 Å². The van der Waals surface area contributed by atoms with Crippen molar-refractivity contribution < 1.29 is 9.90 Å². The molecule has 1 rings (SSSR count). The van der Waals surface area contributed by atoms with Gasteiger partial charge in [-0.1, -0.05) is 25.7 Å². The van der Waals surface area contributed by atoms with Gasteiger partial charge < -0.3 is 10.4 Å². The van der Waals surface area contributed by atoms with Gasteiger partial charge in [-0.2, -0.15) is 0 Å². The average molecular weight is 185 g/mol. The van der Waals surface area contributed by atoms with E-state index in [1.807, 2.05) is 0 Å². The van der Waals surface area contributed by atoms with Gasteiger partial charge in [-0.15, -0.1) is 0 Å². The summed E-state index contributed by atoms with van der Waals surface area (Å²) in [6.07, 6.45) is 7.97. The van der Waals surface area contributed by atoms with E-state index in [9.17, 15) is 4.79 Å². The highest BCUT2D eigenvalue weighted by molar-refractivity contribution is 5.66. The molecule has 0 aromatic heterocycles. The van der Waals surface area contributed by atoms with Crippen molar-refractivity contribution in [1.29, 1.82) is 0 Å². The molecule has 2 N–H and O–H groups in total. The Bertz CT molecular complexity index is 151. The van der Waals surface area contributed by atoms with Crippen molar-refractivity contribution in [3.05, 3.63) is 0 Å². The van der Waals surface area contributed by atoms with Gasteiger partial charge in [0.1, 0.15) is 0 Å². The van der Waals surface area contributed by atoms with Gasteiger partial charge in [0.15, 0.2) is 0 Å². The summed E-state index contributed by atoms with van der Waals surface area (Å²) in [5, 5.41) is 11.8. The molecule has 1 saturated carbocycles. The van der Waals surface area contributed by atoms with Crippen molar-refractivity contribution in [2.24, 2.45) is 0 Å². The normalized spacial score (nSPS) is 19.7. The van der Waals surface area contributed by atoms with Gasteiger partial charge in [0.2, 0.25) is 0 Å². The topological polar surface area (TPSA) is 49.3 Å². The third-order valence-electron chi connectivity index (χ3n) is 2.63. The highest BCUT2D eigenvalue weighted by atomic mass is 16.4. The maximum absolute atomic E-state index is 10.3. The van der Waals surface area contributed by atoms with Crippen LogP contribution >= 0.6 is 0 Å². The lowest BCUT2D eigenvalue weighted by Crippen LogP contribution is -2.30. The van der Waals surface area contributed by atoms with Crippen molar-refractivity contribution in [3.8, 4) is 0 Å². The summed E-state index contributed by atoms with van der Waals surface area (Å²) in [6.45, 7) is 0.625. The maximum atomic E-state index is 10.3. The molecule has 0 amide bonds. The van der Waals surface area contributed by atoms with Crippen LogP contribution in [0.5, 0.6) is 0 Å². The Balaban J connectivity index is 2.08. The molecule has 0 unspecified atom stereocenters. The minimum atomic E-state index is -0.707. The molecule has 13 heavy (non-hydrogen) atoms. The Labute approximate surface area is 79.5 Å². The highest BCUT2D eigenvalue weighted by Crippen LogP contribution is 2.16. The number of carboxylic acids is 1. The Hall–Kier alpha value is -0.570. The summed E-state index contributed by atoms with van der Waals surface area (Å²) < 4.78 is 0. The molecule has 0 radical (unpaired) electrons. The van der Waals surface area contributed by atoms with Crippen LogP contribution in [0.25, 0.3) is 0 Å². The Morgan fingerprint density at radius 1 is 1.23 bits per heavy atom. The molecule has 3 heteroatoms. The van der Waals surface area contributed by atoms with E-state index >= 15 is 0 Å². The predicted molar refractivity (Wildman–Crippen MR) is 51.7 cm³/mol. The third kappa shape index (κ3) is 4.88. The molecule has 1 aliphatic rings. The second kappa shape index (κ2) is 5.97. The summed E-state index contributed by atoms with van der Waals surface area (Å²) >= 11 is 0. The molecule has 0 aromatic rings. The average Bonchev–Trinajstić information content (AvgIpc) is 2.32. The van der Waals surface area contributed by atoms with Gasteiger partial charge in [-0.3, -0.25) is 4.79 Å². The first kappa shape index (κ1) is 10.5. The van der Waals surface area contributed by atoms with Crippen LogP contribution in [0.3, 0.4) is 0 Å². The monoisotopic (exact) mass is 185 g/mol. The van der Waals surface area contributed by atoms with E-state index in [-0.39, 0.29) is 6.42 Å². The molecule has 76 valence electrons. The van der Waals surface area contributed by atoms with E-state index in [1.54, 1.807) is 0 Å². The van der Waals surface area contributed by atoms with E-state index < -0.39 is 5.97 Å². The number of rotatable bonds is 4. The largest absolute Gasteiger partial charge is 0.481 e. The van der Waals surface area contributed by atoms with Crippen LogP contribution in [0.2, 0.25) is 0 Å². The van der Waals surface area contributed by atoms with Crippen LogP contribution in [-0.2, 0) is 4.79 Å². The molecular formula is C10H19NO2. The lowest BCUT2D eigenvalue weighted by atomic mass is 10.1. The smallest absolute Gasteiger partial charge is 0.304 e. The number of carboxylic acid groups (broad SMARTS) is 1. The molecule has 0 aliphatic heterocycles. The lowest BCUT2D eigenvalue weighted by Gasteiger charge is -2.14. The van der Waals surface area contributed by atoms with Gasteiger partial charge in [0.25, 0.3) is 0 Å². The number of aliphatic carboxylic acids is 1. The quantitative estimate of drug-likeness (QED) is 0.656. The lowest BCUT2D eigenvalue weighted by molar-refractivity contribution is -0.136. The minimum absolute atomic E-state index is 0.247. The fourth-order valence-corrected chi connectivity index (χ4v) is 1.87. The summed E-state index contributed by atoms with van der Waals surface area (Å²) in [4.78, 5) is 10.3. The first-order valence-electron chi connectivity index (χ1n) is 5.24. The highest BCUT2D eigenvalue weighted by Gasteiger charge is 2.11. The van der Waals surface area contributed by atoms with Crippen LogP contribution in [-0.4, -0.2) is 23.7 Å². The summed E-state index contributed by atoms with van der Waals surface area (Å²) in [7, 11) is 0. The molecule has 0 aromatic carbocycles. The predicted octanol–water partition coefficient (Wildman–Crippen LogP) is 1.77. The van der Waals surface area contributed by atoms with Crippen molar-refractivity contribution >= 4 is 5.97 Å². The first-order valence-corrected chi connectivity index (χ1v) is 5.24. The van der Waals surface area contributed by atoms with Crippen LogP contribution in [0.15, 0.2) is 0 Å². The molecule has 0 spiro atoms. The summed E-state index contributed by atoms with van der Waals surface area (Å²) in [6, 6.07) is 0.571. The first-order chi connectivity index (χ1) is 6.29. The van der Waals surface area contributed by atoms with Crippen molar-refractivity contribution in [2.75, 3.05) is 6.54 Å². The Morgan fingerprint density at radius 2 is 1.85 bits per heavy atom. The molecule has 0 saturated heterocycles. The Morgan fingerprint density at radius 3 is 2.38 bits per heavy atom. The number of hydrogen-bond acceptors (Lipinski definition) is 2. The van der Waals surface area contributed by atoms with E-state index in [1.165, 1.54) is 38.5 Å². The molecule has 0 heterocycles. The molecule has 1 fully saturated rings. The minimum Gasteiger partial charge on any atom is -0.481 e. The summed E-state index contributed by atoms with van der Waals surface area (Å²) in [5.74, 6) is -0.707. The number of hydrogen-bond donors (Lipinski definition) is 2. The van der Waals surface area contributed by atoms with E-state index in [0.29, 0.717) is 12.6 Å². The van der Waals surface area contributed by atoms with Crippen molar-refractivity contribution in [2.45, 2.75) is 51.0 Å². The van der Waals surface area contributed by atoms with E-state index in [0.717, 1.165) is 0 Å². The zero-order valence-corrected chi connectivity index (χ0v) is 8.09. The SMILES string of the molecule is O=C(O)CCNC1CCCCCC1. The molecule has 0 bridgehead atoms. The van der Waals surface area contributed by atoms with Crippen LogP contribution in [0.1, 0.15) is 44.9 Å². The molecule has 0 atom stereocenters. The van der Waals surface area contributed by atoms with Gasteiger partial charge in [0.05, 0.1) is 6.42 Å². The van der Waals surface area contributed by atoms with Crippen LogP contribution < -0.4 is 5.32 Å². The fraction of sp³-hybridized carbons (Fsp3) is 0.900. The second-order valence-electron chi connectivity index (χ2n) is 3.79. The molecular weight excluding hydrogens is 166 g/mol. The van der Waals surface area contributed by atoms with Crippen LogP contribution in [0.4, 0.5) is 0 Å². The van der Waals surface area contributed by atoms with E-state index in [2.05, 4.69) is 5.32 Å². The van der Waals surface area contributed by atoms with Crippen molar-refractivity contribution in [1.82, 2.24) is 5.32 Å². The number of carbonyl (C=O) groups is 1. The number of nitrogens with one attached hydrogen (secondary N) is 1. The van der Waals surface area contributed by atoms with Crippen LogP contribution in [0, 0.1) is 0 Å². The summed E-state index contributed by atoms with van der Waals surface area (Å²) in [5.41, 5.74) is 0. The van der Waals surface area contributed by atoms with Crippen molar-refractivity contribution in [3.63, 3.8) is 0 Å². The zero-order chi connectivity index (χ0) is 9.52. The third-order valence-corrected chi connectivity index (χ3v) is 2.63. The van der Waals surface area contributed by atoms with Gasteiger partial charge in [0, 0.05) is 12.6 Å². The van der Waals surface area contributed by atoms with Gasteiger partial charge in [-0.05, 0) is 12.8 Å². The Kier molecular flexibility index (Phi) is 4.83. The van der Waals surface area contributed by atoms with Gasteiger partial charge >= 0.3 is 5.97 Å². The fourth-order valence-electron chi connectivity index (χ4n) is 1.87. The standard InChI is InChI=1S/C10H19NO2/c12-10(13)7-8-11-9-5-3-1-2-4-6-9/h9,11H,1-8H2,(H,12,13). The van der Waals surface area contributed by atoms with E-state index in [4.69, 9.17) is 5.11 Å². The maximum Gasteiger partial charge on any atom is 0.304 e. The zero-order valence-electron chi connectivity index (χ0n) is 8.09. The molecule has 1 aliphatic carbocycles.